The second-order valence-electron chi connectivity index (χ2n) is 3.75. The summed E-state index contributed by atoms with van der Waals surface area (Å²) in [6.07, 6.45) is 9.03. The normalized spacial score (nSPS) is 9.28. The van der Waals surface area contributed by atoms with Crippen molar-refractivity contribution in [3.8, 4) is 18.2 Å². The maximum atomic E-state index is 11.8. The van der Waals surface area contributed by atoms with E-state index in [9.17, 15) is 4.79 Å². The second-order valence-corrected chi connectivity index (χ2v) is 3.75. The summed E-state index contributed by atoms with van der Waals surface area (Å²) in [5.74, 6) is 0.361. The first-order valence-corrected chi connectivity index (χ1v) is 5.88. The van der Waals surface area contributed by atoms with Crippen molar-refractivity contribution < 1.29 is 4.74 Å². The van der Waals surface area contributed by atoms with Crippen LogP contribution in [-0.4, -0.2) is 6.54 Å². The zero-order valence-corrected chi connectivity index (χ0v) is 10.3. The van der Waals surface area contributed by atoms with Crippen LogP contribution in [0.25, 0.3) is 0 Å². The van der Waals surface area contributed by atoms with E-state index in [4.69, 9.17) is 11.2 Å². The van der Waals surface area contributed by atoms with Crippen molar-refractivity contribution in [3.05, 3.63) is 52.9 Å². The highest BCUT2D eigenvalue weighted by Gasteiger charge is 2.05. The Morgan fingerprint density at radius 3 is 2.89 bits per heavy atom. The van der Waals surface area contributed by atoms with E-state index >= 15 is 0 Å². The van der Waals surface area contributed by atoms with E-state index in [0.29, 0.717) is 5.75 Å². The fraction of sp³-hybridized carbons (Fsp3) is 0.267. The topological polar surface area (TPSA) is 38.3 Å². The number of ether oxygens (including phenoxy) is 1. The summed E-state index contributed by atoms with van der Waals surface area (Å²) in [6, 6.07) is 9.31. The van der Waals surface area contributed by atoms with Crippen LogP contribution < -0.4 is 15.5 Å². The Hall–Kier alpha value is -2.21. The Labute approximate surface area is 107 Å². The molecule has 0 radical (unpaired) electrons. The maximum Gasteiger partial charge on any atom is 0.221 e. The Balaban J connectivity index is 2.73. The molecule has 0 aliphatic rings. The average Bonchev–Trinajstić information content (AvgIpc) is 2.54. The molecule has 0 saturated carbocycles. The number of hydrogen-bond donors (Lipinski definition) is 1. The van der Waals surface area contributed by atoms with Crippen LogP contribution in [0.15, 0.2) is 41.9 Å². The number of aryl methyl sites for hydroxylation is 1. The number of terminal acetylenes is 1. The molecule has 1 N–H and O–H groups in total. The van der Waals surface area contributed by atoms with Crippen LogP contribution in [-0.2, 0) is 6.42 Å². The minimum absolute atomic E-state index is 0.128. The van der Waals surface area contributed by atoms with Crippen LogP contribution in [0.4, 0.5) is 0 Å². The molecule has 0 aliphatic heterocycles. The van der Waals surface area contributed by atoms with Gasteiger partial charge in [-0.3, -0.25) is 4.79 Å². The quantitative estimate of drug-likeness (QED) is 0.345. The first-order chi connectivity index (χ1) is 8.79. The van der Waals surface area contributed by atoms with Crippen molar-refractivity contribution >= 4 is 0 Å². The molecular weight excluding hydrogens is 226 g/mol. The minimum Gasteiger partial charge on any atom is -0.461 e. The number of rotatable bonds is 7. The Morgan fingerprint density at radius 2 is 2.17 bits per heavy atom. The van der Waals surface area contributed by atoms with Crippen LogP contribution in [0.1, 0.15) is 18.4 Å². The van der Waals surface area contributed by atoms with Gasteiger partial charge in [-0.15, -0.1) is 0 Å². The van der Waals surface area contributed by atoms with Gasteiger partial charge in [0.1, 0.15) is 0 Å². The molecule has 0 amide bonds. The van der Waals surface area contributed by atoms with Crippen LogP contribution in [0.3, 0.4) is 0 Å². The van der Waals surface area contributed by atoms with E-state index in [1.807, 2.05) is 12.1 Å². The molecule has 0 bridgehead atoms. The lowest BCUT2D eigenvalue weighted by molar-refractivity contribution is 0.471. The molecular formula is C15H17NO2. The standard InChI is InChI=1S/C15H17NO2/c1-3-16-12-8-7-10-13-9-5-6-11-14(17)15(13)18-4-2/h1,4-6,9,11,16H,2,7-8,10,12H2. The van der Waals surface area contributed by atoms with Gasteiger partial charge in [-0.05, 0) is 30.9 Å². The van der Waals surface area contributed by atoms with Crippen molar-refractivity contribution in [2.75, 3.05) is 6.54 Å². The molecule has 0 aliphatic carbocycles. The van der Waals surface area contributed by atoms with E-state index in [0.717, 1.165) is 31.4 Å². The fourth-order valence-electron chi connectivity index (χ4n) is 1.64. The van der Waals surface area contributed by atoms with Gasteiger partial charge in [-0.25, -0.2) is 0 Å². The molecule has 94 valence electrons. The largest absolute Gasteiger partial charge is 0.461 e. The van der Waals surface area contributed by atoms with Gasteiger partial charge in [0.15, 0.2) is 5.75 Å². The first-order valence-electron chi connectivity index (χ1n) is 5.88. The van der Waals surface area contributed by atoms with E-state index < -0.39 is 0 Å². The van der Waals surface area contributed by atoms with Crippen molar-refractivity contribution in [1.29, 1.82) is 0 Å². The average molecular weight is 243 g/mol. The van der Waals surface area contributed by atoms with Crippen molar-refractivity contribution in [2.24, 2.45) is 0 Å². The third-order valence-corrected chi connectivity index (χ3v) is 2.47. The SMILES string of the molecule is C#CNCCCCc1ccccc(=O)c1OC=C. The molecule has 0 spiro atoms. The zero-order valence-electron chi connectivity index (χ0n) is 10.3. The molecule has 3 heteroatoms. The summed E-state index contributed by atoms with van der Waals surface area (Å²) in [7, 11) is 0. The number of hydrogen-bond acceptors (Lipinski definition) is 3. The molecule has 0 saturated heterocycles. The molecule has 1 aromatic rings. The summed E-state index contributed by atoms with van der Waals surface area (Å²) in [4.78, 5) is 11.8. The summed E-state index contributed by atoms with van der Waals surface area (Å²) >= 11 is 0. The van der Waals surface area contributed by atoms with Gasteiger partial charge in [0.2, 0.25) is 5.43 Å². The van der Waals surface area contributed by atoms with Crippen molar-refractivity contribution in [2.45, 2.75) is 19.3 Å². The van der Waals surface area contributed by atoms with Crippen LogP contribution in [0.2, 0.25) is 0 Å². The van der Waals surface area contributed by atoms with Gasteiger partial charge >= 0.3 is 0 Å². The third-order valence-electron chi connectivity index (χ3n) is 2.47. The molecule has 0 fully saturated rings. The summed E-state index contributed by atoms with van der Waals surface area (Å²) in [5, 5.41) is 2.81. The summed E-state index contributed by atoms with van der Waals surface area (Å²) in [5.41, 5.74) is 0.766. The third kappa shape index (κ3) is 4.34. The van der Waals surface area contributed by atoms with Crippen LogP contribution >= 0.6 is 0 Å². The van der Waals surface area contributed by atoms with Gasteiger partial charge < -0.3 is 10.1 Å². The van der Waals surface area contributed by atoms with Crippen LogP contribution in [0.5, 0.6) is 5.75 Å². The molecule has 0 aromatic heterocycles. The Kier molecular flexibility index (Phi) is 6.13. The highest BCUT2D eigenvalue weighted by Crippen LogP contribution is 2.15. The van der Waals surface area contributed by atoms with E-state index in [1.165, 1.54) is 12.3 Å². The van der Waals surface area contributed by atoms with Crippen molar-refractivity contribution in [3.63, 3.8) is 0 Å². The lowest BCUT2D eigenvalue weighted by atomic mass is 10.1. The van der Waals surface area contributed by atoms with E-state index in [2.05, 4.69) is 17.9 Å². The smallest absolute Gasteiger partial charge is 0.221 e. The molecule has 1 rings (SSSR count). The molecule has 0 unspecified atom stereocenters. The number of unbranched alkanes of at least 4 members (excludes halogenated alkanes) is 1. The molecule has 1 aromatic carbocycles. The summed E-state index contributed by atoms with van der Waals surface area (Å²) in [6.45, 7) is 4.26. The summed E-state index contributed by atoms with van der Waals surface area (Å²) < 4.78 is 5.21. The first kappa shape index (κ1) is 13.9. The maximum absolute atomic E-state index is 11.8. The Bertz CT molecular complexity index is 489. The fourth-order valence-corrected chi connectivity index (χ4v) is 1.64. The molecule has 0 heterocycles. The number of nitrogens with one attached hydrogen (secondary N) is 1. The van der Waals surface area contributed by atoms with Gasteiger partial charge in [0.25, 0.3) is 0 Å². The van der Waals surface area contributed by atoms with E-state index in [1.54, 1.807) is 6.07 Å². The highest BCUT2D eigenvalue weighted by atomic mass is 16.5. The zero-order chi connectivity index (χ0) is 13.2. The van der Waals surface area contributed by atoms with Crippen LogP contribution in [0, 0.1) is 12.5 Å². The van der Waals surface area contributed by atoms with Gasteiger partial charge in [-0.1, -0.05) is 31.2 Å². The highest BCUT2D eigenvalue weighted by molar-refractivity contribution is 5.32. The van der Waals surface area contributed by atoms with Gasteiger partial charge in [0, 0.05) is 12.6 Å². The monoisotopic (exact) mass is 243 g/mol. The van der Waals surface area contributed by atoms with Gasteiger partial charge in [-0.2, -0.15) is 0 Å². The van der Waals surface area contributed by atoms with Gasteiger partial charge in [0.05, 0.1) is 6.26 Å². The second kappa shape index (κ2) is 7.97. The lowest BCUT2D eigenvalue weighted by Crippen LogP contribution is -2.08. The predicted octanol–water partition coefficient (Wildman–Crippen LogP) is 2.07. The molecule has 18 heavy (non-hydrogen) atoms. The van der Waals surface area contributed by atoms with Crippen molar-refractivity contribution in [1.82, 2.24) is 5.32 Å². The molecule has 3 nitrogen and oxygen atoms in total. The van der Waals surface area contributed by atoms with E-state index in [-0.39, 0.29) is 5.43 Å². The predicted molar refractivity (Wildman–Crippen MR) is 73.3 cm³/mol. The molecule has 0 atom stereocenters. The minimum atomic E-state index is -0.128. The lowest BCUT2D eigenvalue weighted by Gasteiger charge is -2.04. The Morgan fingerprint density at radius 1 is 1.39 bits per heavy atom.